The Kier molecular flexibility index (Phi) is 4.18. The molecule has 0 bridgehead atoms. The van der Waals surface area contributed by atoms with Crippen LogP contribution in [0.4, 0.5) is 11.5 Å². The topological polar surface area (TPSA) is 70.9 Å². The van der Waals surface area contributed by atoms with Gasteiger partial charge in [-0.3, -0.25) is 0 Å². The van der Waals surface area contributed by atoms with E-state index in [1.54, 1.807) is 4.68 Å². The second-order valence-electron chi connectivity index (χ2n) is 4.02. The molecule has 0 unspecified atom stereocenters. The van der Waals surface area contributed by atoms with Gasteiger partial charge in [0.15, 0.2) is 5.69 Å². The molecule has 0 spiro atoms. The van der Waals surface area contributed by atoms with E-state index in [1.165, 1.54) is 0 Å². The zero-order valence-electron chi connectivity index (χ0n) is 10.2. The minimum Gasteiger partial charge on any atom is -0.382 e. The summed E-state index contributed by atoms with van der Waals surface area (Å²) in [5.41, 5.74) is 7.09. The lowest BCUT2D eigenvalue weighted by molar-refractivity contribution is 0.558. The molecule has 1 heterocycles. The average Bonchev–Trinajstić information content (AvgIpc) is 2.56. The number of hydrogen-bond donors (Lipinski definition) is 1. The number of nitriles is 1. The summed E-state index contributed by atoms with van der Waals surface area (Å²) in [4.78, 5) is 1.83. The number of unbranched alkanes of at least 4 members (excludes halogenated alkanes) is 2. The molecule has 1 aromatic heterocycles. The summed E-state index contributed by atoms with van der Waals surface area (Å²) in [6, 6.07) is 2.07. The first-order chi connectivity index (χ1) is 7.61. The molecule has 5 heteroatoms. The van der Waals surface area contributed by atoms with Gasteiger partial charge in [0.25, 0.3) is 0 Å². The Bertz CT molecular complexity index is 386. The molecular formula is C11H19N5. The number of rotatable bonds is 5. The van der Waals surface area contributed by atoms with Crippen molar-refractivity contribution in [1.29, 1.82) is 5.26 Å². The number of hydrogen-bond acceptors (Lipinski definition) is 4. The number of aromatic nitrogens is 2. The molecular weight excluding hydrogens is 202 g/mol. The zero-order chi connectivity index (χ0) is 12.1. The van der Waals surface area contributed by atoms with Crippen molar-refractivity contribution in [2.75, 3.05) is 24.7 Å². The third-order valence-corrected chi connectivity index (χ3v) is 2.49. The van der Waals surface area contributed by atoms with Crippen molar-refractivity contribution in [2.24, 2.45) is 0 Å². The lowest BCUT2D eigenvalue weighted by Crippen LogP contribution is -2.12. The van der Waals surface area contributed by atoms with Gasteiger partial charge >= 0.3 is 0 Å². The Labute approximate surface area is 96.5 Å². The Balaban J connectivity index is 2.91. The van der Waals surface area contributed by atoms with Crippen LogP contribution in [0.3, 0.4) is 0 Å². The third-order valence-electron chi connectivity index (χ3n) is 2.49. The van der Waals surface area contributed by atoms with Crippen molar-refractivity contribution < 1.29 is 0 Å². The predicted octanol–water partition coefficient (Wildman–Crippen LogP) is 1.59. The van der Waals surface area contributed by atoms with E-state index in [1.807, 2.05) is 19.0 Å². The maximum absolute atomic E-state index is 8.97. The first-order valence-electron chi connectivity index (χ1n) is 5.55. The van der Waals surface area contributed by atoms with Gasteiger partial charge in [-0.05, 0) is 6.42 Å². The molecule has 0 aliphatic rings. The van der Waals surface area contributed by atoms with Crippen LogP contribution in [0.1, 0.15) is 31.9 Å². The normalized spacial score (nSPS) is 10.1. The maximum atomic E-state index is 8.97. The number of aryl methyl sites for hydroxylation is 1. The summed E-state index contributed by atoms with van der Waals surface area (Å²) in [5.74, 6) is 0.581. The van der Waals surface area contributed by atoms with E-state index >= 15 is 0 Å². The molecule has 88 valence electrons. The van der Waals surface area contributed by atoms with Gasteiger partial charge in [-0.1, -0.05) is 19.8 Å². The summed E-state index contributed by atoms with van der Waals surface area (Å²) in [6.45, 7) is 2.93. The smallest absolute Gasteiger partial charge is 0.188 e. The van der Waals surface area contributed by atoms with Gasteiger partial charge < -0.3 is 10.6 Å². The quantitative estimate of drug-likeness (QED) is 0.766. The summed E-state index contributed by atoms with van der Waals surface area (Å²) >= 11 is 0. The van der Waals surface area contributed by atoms with Crippen molar-refractivity contribution in [3.05, 3.63) is 5.69 Å². The fraction of sp³-hybridized carbons (Fsp3) is 0.636. The maximum Gasteiger partial charge on any atom is 0.188 e. The van der Waals surface area contributed by atoms with E-state index in [4.69, 9.17) is 11.0 Å². The van der Waals surface area contributed by atoms with Crippen LogP contribution < -0.4 is 10.6 Å². The van der Waals surface area contributed by atoms with E-state index in [0.29, 0.717) is 11.5 Å². The van der Waals surface area contributed by atoms with E-state index in [0.717, 1.165) is 31.5 Å². The highest BCUT2D eigenvalue weighted by Crippen LogP contribution is 2.25. The standard InChI is InChI=1S/C11H19N5/c1-4-5-6-7-16-11(13)10(15(2)3)9(8-12)14-16/h4-7,13H2,1-3H3. The van der Waals surface area contributed by atoms with Gasteiger partial charge in [0.1, 0.15) is 17.6 Å². The van der Waals surface area contributed by atoms with E-state index in [9.17, 15) is 0 Å². The van der Waals surface area contributed by atoms with Gasteiger partial charge in [-0.2, -0.15) is 10.4 Å². The molecule has 2 N–H and O–H groups in total. The molecule has 0 fully saturated rings. The summed E-state index contributed by atoms with van der Waals surface area (Å²) in [7, 11) is 3.73. The first-order valence-corrected chi connectivity index (χ1v) is 5.55. The second kappa shape index (κ2) is 5.40. The number of nitrogens with two attached hydrogens (primary N) is 1. The summed E-state index contributed by atoms with van der Waals surface area (Å²) in [6.07, 6.45) is 3.35. The number of nitrogen functional groups attached to an aromatic ring is 1. The van der Waals surface area contributed by atoms with Gasteiger partial charge in [0.2, 0.25) is 0 Å². The highest BCUT2D eigenvalue weighted by molar-refractivity contribution is 5.69. The molecule has 0 atom stereocenters. The minimum absolute atomic E-state index is 0.402. The molecule has 1 aromatic rings. The van der Waals surface area contributed by atoms with Crippen LogP contribution in [-0.4, -0.2) is 23.9 Å². The predicted molar refractivity (Wildman–Crippen MR) is 65.2 cm³/mol. The van der Waals surface area contributed by atoms with Crippen LogP contribution >= 0.6 is 0 Å². The lowest BCUT2D eigenvalue weighted by Gasteiger charge is -2.11. The highest BCUT2D eigenvalue weighted by atomic mass is 15.3. The van der Waals surface area contributed by atoms with Crippen LogP contribution in [-0.2, 0) is 6.54 Å². The molecule has 0 radical (unpaired) electrons. The van der Waals surface area contributed by atoms with Gasteiger partial charge in [0, 0.05) is 20.6 Å². The highest BCUT2D eigenvalue weighted by Gasteiger charge is 2.16. The number of anilines is 2. The molecule has 1 rings (SSSR count). The third kappa shape index (κ3) is 2.45. The van der Waals surface area contributed by atoms with Gasteiger partial charge in [-0.25, -0.2) is 4.68 Å². The number of nitrogens with zero attached hydrogens (tertiary/aromatic N) is 4. The van der Waals surface area contributed by atoms with Crippen LogP contribution in [0.15, 0.2) is 0 Å². The SMILES string of the molecule is CCCCCn1nc(C#N)c(N(C)C)c1N. The molecule has 0 aliphatic carbocycles. The Morgan fingerprint density at radius 1 is 1.44 bits per heavy atom. The molecule has 0 amide bonds. The van der Waals surface area contributed by atoms with Crippen molar-refractivity contribution in [3.8, 4) is 6.07 Å². The Hall–Kier alpha value is -1.70. The van der Waals surface area contributed by atoms with E-state index in [-0.39, 0.29) is 0 Å². The summed E-state index contributed by atoms with van der Waals surface area (Å²) in [5, 5.41) is 13.2. The van der Waals surface area contributed by atoms with E-state index in [2.05, 4.69) is 18.1 Å². The summed E-state index contributed by atoms with van der Waals surface area (Å²) < 4.78 is 1.73. The molecule has 0 saturated heterocycles. The Morgan fingerprint density at radius 3 is 2.56 bits per heavy atom. The van der Waals surface area contributed by atoms with Gasteiger partial charge in [0.05, 0.1) is 0 Å². The van der Waals surface area contributed by atoms with Crippen LogP contribution in [0, 0.1) is 11.3 Å². The van der Waals surface area contributed by atoms with Crippen LogP contribution in [0.5, 0.6) is 0 Å². The van der Waals surface area contributed by atoms with Crippen LogP contribution in [0.25, 0.3) is 0 Å². The zero-order valence-corrected chi connectivity index (χ0v) is 10.2. The fourth-order valence-corrected chi connectivity index (χ4v) is 1.66. The molecule has 0 saturated carbocycles. The van der Waals surface area contributed by atoms with Crippen molar-refractivity contribution in [2.45, 2.75) is 32.7 Å². The molecule has 5 nitrogen and oxygen atoms in total. The molecule has 16 heavy (non-hydrogen) atoms. The van der Waals surface area contributed by atoms with E-state index < -0.39 is 0 Å². The average molecular weight is 221 g/mol. The largest absolute Gasteiger partial charge is 0.382 e. The van der Waals surface area contributed by atoms with Crippen molar-refractivity contribution >= 4 is 11.5 Å². The second-order valence-corrected chi connectivity index (χ2v) is 4.02. The first kappa shape index (κ1) is 12.4. The molecule has 0 aromatic carbocycles. The van der Waals surface area contributed by atoms with Gasteiger partial charge in [-0.15, -0.1) is 0 Å². The van der Waals surface area contributed by atoms with Crippen molar-refractivity contribution in [3.63, 3.8) is 0 Å². The van der Waals surface area contributed by atoms with Crippen molar-refractivity contribution in [1.82, 2.24) is 9.78 Å². The monoisotopic (exact) mass is 221 g/mol. The fourth-order valence-electron chi connectivity index (χ4n) is 1.66. The molecule has 0 aliphatic heterocycles. The lowest BCUT2D eigenvalue weighted by atomic mass is 10.2. The van der Waals surface area contributed by atoms with Crippen LogP contribution in [0.2, 0.25) is 0 Å². The minimum atomic E-state index is 0.402. The Morgan fingerprint density at radius 2 is 2.12 bits per heavy atom.